The smallest absolute Gasteiger partial charge is 0.211 e. The second kappa shape index (κ2) is 9.69. The van der Waals surface area contributed by atoms with Crippen LogP contribution in [0.15, 0.2) is 0 Å². The van der Waals surface area contributed by atoms with Gasteiger partial charge >= 0.3 is 0 Å². The Bertz CT molecular complexity index is 314. The molecule has 0 aliphatic carbocycles. The van der Waals surface area contributed by atoms with Crippen molar-refractivity contribution in [2.45, 2.75) is 39.0 Å². The lowest BCUT2D eigenvalue weighted by Gasteiger charge is -2.14. The van der Waals surface area contributed by atoms with Crippen molar-refractivity contribution in [2.75, 3.05) is 45.0 Å². The van der Waals surface area contributed by atoms with Gasteiger partial charge in [0.25, 0.3) is 0 Å². The zero-order valence-corrected chi connectivity index (χ0v) is 13.0. The molecule has 1 aliphatic rings. The van der Waals surface area contributed by atoms with E-state index < -0.39 is 10.0 Å². The molecule has 5 nitrogen and oxygen atoms in total. The highest BCUT2D eigenvalue weighted by Gasteiger charge is 2.12. The Hall–Kier alpha value is -0.170. The van der Waals surface area contributed by atoms with Gasteiger partial charge < -0.3 is 10.2 Å². The maximum Gasteiger partial charge on any atom is 0.211 e. The Kier molecular flexibility index (Phi) is 8.61. The normalized spacial score (nSPS) is 17.1. The van der Waals surface area contributed by atoms with Crippen LogP contribution in [-0.4, -0.2) is 58.3 Å². The van der Waals surface area contributed by atoms with Crippen LogP contribution in [0.1, 0.15) is 39.0 Å². The highest BCUT2D eigenvalue weighted by molar-refractivity contribution is 7.89. The summed E-state index contributed by atoms with van der Waals surface area (Å²) in [5.74, 6) is 0.252. The van der Waals surface area contributed by atoms with E-state index in [9.17, 15) is 8.42 Å². The lowest BCUT2D eigenvalue weighted by molar-refractivity contribution is 0.334. The van der Waals surface area contributed by atoms with E-state index in [2.05, 4.69) is 21.9 Å². The van der Waals surface area contributed by atoms with Gasteiger partial charge in [-0.1, -0.05) is 6.92 Å². The van der Waals surface area contributed by atoms with Gasteiger partial charge in [-0.2, -0.15) is 0 Å². The van der Waals surface area contributed by atoms with E-state index in [1.807, 2.05) is 0 Å². The summed E-state index contributed by atoms with van der Waals surface area (Å²) in [6.45, 7) is 7.85. The Morgan fingerprint density at radius 3 is 2.47 bits per heavy atom. The highest BCUT2D eigenvalue weighted by Crippen LogP contribution is 2.07. The molecule has 2 N–H and O–H groups in total. The lowest BCUT2D eigenvalue weighted by atomic mass is 10.3. The molecule has 1 fully saturated rings. The first-order chi connectivity index (χ1) is 9.14. The molecule has 0 atom stereocenters. The van der Waals surface area contributed by atoms with Crippen LogP contribution in [0.2, 0.25) is 0 Å². The number of nitrogens with one attached hydrogen (secondary N) is 2. The Morgan fingerprint density at radius 1 is 1.05 bits per heavy atom. The third-order valence-corrected chi connectivity index (χ3v) is 4.91. The minimum atomic E-state index is -3.06. The summed E-state index contributed by atoms with van der Waals surface area (Å²) in [6, 6.07) is 0. The number of likely N-dealkylation sites (tertiary alicyclic amines) is 1. The van der Waals surface area contributed by atoms with Gasteiger partial charge in [0.05, 0.1) is 5.75 Å². The third kappa shape index (κ3) is 8.57. The second-order valence-corrected chi connectivity index (χ2v) is 7.10. The van der Waals surface area contributed by atoms with Gasteiger partial charge in [-0.15, -0.1) is 0 Å². The molecule has 0 amide bonds. The minimum absolute atomic E-state index is 0.252. The molecule has 0 aromatic carbocycles. The molecule has 0 aromatic rings. The standard InChI is InChI=1S/C13H29N3O2S/c1-2-14-8-3-6-13-19(17,18)15-9-7-12-16-10-4-5-11-16/h14-15H,2-13H2,1H3. The molecule has 0 saturated carbocycles. The Balaban J connectivity index is 1.99. The molecule has 1 saturated heterocycles. The first-order valence-corrected chi connectivity index (χ1v) is 9.19. The first kappa shape index (κ1) is 16.9. The molecule has 0 bridgehead atoms. The molecule has 1 heterocycles. The van der Waals surface area contributed by atoms with E-state index in [1.54, 1.807) is 0 Å². The predicted molar refractivity (Wildman–Crippen MR) is 79.9 cm³/mol. The monoisotopic (exact) mass is 291 g/mol. The van der Waals surface area contributed by atoms with Crippen LogP contribution in [-0.2, 0) is 10.0 Å². The maximum absolute atomic E-state index is 11.7. The number of unbranched alkanes of at least 4 members (excludes halogenated alkanes) is 1. The number of hydrogen-bond acceptors (Lipinski definition) is 4. The molecule has 1 rings (SSSR count). The fourth-order valence-electron chi connectivity index (χ4n) is 2.33. The summed E-state index contributed by atoms with van der Waals surface area (Å²) in [5, 5.41) is 3.20. The fraction of sp³-hybridized carbons (Fsp3) is 1.00. The topological polar surface area (TPSA) is 61.4 Å². The molecular weight excluding hydrogens is 262 g/mol. The van der Waals surface area contributed by atoms with Crippen molar-refractivity contribution in [1.82, 2.24) is 14.9 Å². The molecule has 0 radical (unpaired) electrons. The average molecular weight is 291 g/mol. The number of rotatable bonds is 11. The van der Waals surface area contributed by atoms with Gasteiger partial charge in [-0.05, 0) is 64.8 Å². The van der Waals surface area contributed by atoms with Crippen molar-refractivity contribution >= 4 is 10.0 Å². The zero-order chi connectivity index (χ0) is 14.0. The molecule has 114 valence electrons. The molecule has 19 heavy (non-hydrogen) atoms. The quantitative estimate of drug-likeness (QED) is 0.552. The van der Waals surface area contributed by atoms with E-state index in [0.717, 1.165) is 38.9 Å². The number of hydrogen-bond donors (Lipinski definition) is 2. The zero-order valence-electron chi connectivity index (χ0n) is 12.2. The van der Waals surface area contributed by atoms with E-state index in [1.165, 1.54) is 25.9 Å². The van der Waals surface area contributed by atoms with E-state index in [4.69, 9.17) is 0 Å². The van der Waals surface area contributed by atoms with Gasteiger partial charge in [0.15, 0.2) is 0 Å². The van der Waals surface area contributed by atoms with Gasteiger partial charge in [-0.3, -0.25) is 0 Å². The lowest BCUT2D eigenvalue weighted by Crippen LogP contribution is -2.30. The molecule has 0 aromatic heterocycles. The first-order valence-electron chi connectivity index (χ1n) is 7.54. The van der Waals surface area contributed by atoms with Crippen molar-refractivity contribution in [3.63, 3.8) is 0 Å². The molecular formula is C13H29N3O2S. The Morgan fingerprint density at radius 2 is 1.79 bits per heavy atom. The van der Waals surface area contributed by atoms with Crippen LogP contribution in [0.5, 0.6) is 0 Å². The van der Waals surface area contributed by atoms with Crippen molar-refractivity contribution in [3.05, 3.63) is 0 Å². The molecule has 1 aliphatic heterocycles. The number of sulfonamides is 1. The van der Waals surface area contributed by atoms with Crippen LogP contribution in [0, 0.1) is 0 Å². The van der Waals surface area contributed by atoms with Crippen LogP contribution in [0.4, 0.5) is 0 Å². The highest BCUT2D eigenvalue weighted by atomic mass is 32.2. The average Bonchev–Trinajstić information content (AvgIpc) is 2.87. The minimum Gasteiger partial charge on any atom is -0.317 e. The Labute approximate surface area is 118 Å². The summed E-state index contributed by atoms with van der Waals surface area (Å²) >= 11 is 0. The summed E-state index contributed by atoms with van der Waals surface area (Å²) < 4.78 is 26.1. The summed E-state index contributed by atoms with van der Waals surface area (Å²) in [6.07, 6.45) is 5.14. The van der Waals surface area contributed by atoms with Crippen molar-refractivity contribution < 1.29 is 8.42 Å². The maximum atomic E-state index is 11.7. The number of nitrogens with zero attached hydrogens (tertiary/aromatic N) is 1. The van der Waals surface area contributed by atoms with Crippen molar-refractivity contribution in [3.8, 4) is 0 Å². The van der Waals surface area contributed by atoms with Crippen LogP contribution in [0.3, 0.4) is 0 Å². The molecule has 6 heteroatoms. The van der Waals surface area contributed by atoms with Crippen LogP contribution < -0.4 is 10.0 Å². The second-order valence-electron chi connectivity index (χ2n) is 5.18. The van der Waals surface area contributed by atoms with Gasteiger partial charge in [0.2, 0.25) is 10.0 Å². The van der Waals surface area contributed by atoms with Crippen LogP contribution >= 0.6 is 0 Å². The van der Waals surface area contributed by atoms with E-state index in [-0.39, 0.29) is 5.75 Å². The SMILES string of the molecule is CCNCCCCS(=O)(=O)NCCCN1CCCC1. The predicted octanol–water partition coefficient (Wildman–Crippen LogP) is 0.781. The van der Waals surface area contributed by atoms with Crippen molar-refractivity contribution in [2.24, 2.45) is 0 Å². The largest absolute Gasteiger partial charge is 0.317 e. The van der Waals surface area contributed by atoms with E-state index in [0.29, 0.717) is 6.54 Å². The van der Waals surface area contributed by atoms with E-state index >= 15 is 0 Å². The fourth-order valence-corrected chi connectivity index (χ4v) is 3.51. The summed E-state index contributed by atoms with van der Waals surface area (Å²) in [4.78, 5) is 2.41. The molecule has 0 unspecified atom stereocenters. The summed E-state index contributed by atoms with van der Waals surface area (Å²) in [7, 11) is -3.06. The van der Waals surface area contributed by atoms with Gasteiger partial charge in [0.1, 0.15) is 0 Å². The van der Waals surface area contributed by atoms with Gasteiger partial charge in [0, 0.05) is 6.54 Å². The third-order valence-electron chi connectivity index (χ3n) is 3.44. The summed E-state index contributed by atoms with van der Waals surface area (Å²) in [5.41, 5.74) is 0. The van der Waals surface area contributed by atoms with Crippen molar-refractivity contribution in [1.29, 1.82) is 0 Å². The van der Waals surface area contributed by atoms with Crippen LogP contribution in [0.25, 0.3) is 0 Å². The van der Waals surface area contributed by atoms with Gasteiger partial charge in [-0.25, -0.2) is 13.1 Å². The molecule has 0 spiro atoms.